The lowest BCUT2D eigenvalue weighted by molar-refractivity contribution is -0.881. The molecular weight excluding hydrogens is 607 g/mol. The van der Waals surface area contributed by atoms with E-state index in [1.165, 1.54) is 250 Å². The van der Waals surface area contributed by atoms with Gasteiger partial charge in [0.2, 0.25) is 0 Å². The quantitative estimate of drug-likeness (QED) is 0.0351. The number of rotatable bonds is 45. The number of hydrogen-bond donors (Lipinski definition) is 0. The molecule has 0 aromatic heterocycles. The van der Waals surface area contributed by atoms with E-state index in [9.17, 15) is 5.21 Å². The van der Waals surface area contributed by atoms with Crippen LogP contribution in [-0.2, 0) is 0 Å². The Morgan fingerprint density at radius 1 is 0.200 bits per heavy atom. The van der Waals surface area contributed by atoms with E-state index in [0.29, 0.717) is 0 Å². The van der Waals surface area contributed by atoms with Gasteiger partial charge in [-0.25, -0.2) is 0 Å². The third-order valence-electron chi connectivity index (χ3n) is 11.8. The zero-order chi connectivity index (χ0) is 36.3. The van der Waals surface area contributed by atoms with Gasteiger partial charge in [-0.1, -0.05) is 252 Å². The molecule has 50 heavy (non-hydrogen) atoms. The highest BCUT2D eigenvalue weighted by molar-refractivity contribution is 4.55. The molecule has 2 heteroatoms. The van der Waals surface area contributed by atoms with Crippen molar-refractivity contribution in [1.29, 1.82) is 0 Å². The summed E-state index contributed by atoms with van der Waals surface area (Å²) in [4.78, 5) is 0. The lowest BCUT2D eigenvalue weighted by Crippen LogP contribution is -2.44. The van der Waals surface area contributed by atoms with E-state index >= 15 is 0 Å². The molecule has 0 saturated heterocycles. The third-order valence-corrected chi connectivity index (χ3v) is 11.8. The first-order valence-electron chi connectivity index (χ1n) is 24.3. The Hall–Kier alpha value is -0.0800. The summed E-state index contributed by atoms with van der Waals surface area (Å²) in [7, 11) is 0. The van der Waals surface area contributed by atoms with Crippen LogP contribution in [0.25, 0.3) is 0 Å². The van der Waals surface area contributed by atoms with Gasteiger partial charge in [0.05, 0.1) is 19.6 Å². The van der Waals surface area contributed by atoms with E-state index in [2.05, 4.69) is 20.8 Å². The normalized spacial score (nSPS) is 12.0. The fourth-order valence-electron chi connectivity index (χ4n) is 8.12. The summed E-state index contributed by atoms with van der Waals surface area (Å²) in [5.41, 5.74) is 0. The summed E-state index contributed by atoms with van der Waals surface area (Å²) in [5, 5.41) is 14.0. The van der Waals surface area contributed by atoms with Gasteiger partial charge >= 0.3 is 0 Å². The first kappa shape index (κ1) is 49.9. The minimum absolute atomic E-state index is 0.120. The van der Waals surface area contributed by atoms with Gasteiger partial charge in [0, 0.05) is 0 Å². The molecule has 0 unspecified atom stereocenters. The van der Waals surface area contributed by atoms with E-state index in [1.54, 1.807) is 0 Å². The van der Waals surface area contributed by atoms with Gasteiger partial charge in [0.1, 0.15) is 0 Å². The van der Waals surface area contributed by atoms with Crippen LogP contribution in [0.5, 0.6) is 0 Å². The number of quaternary nitrogens is 1. The molecule has 0 radical (unpaired) electrons. The van der Waals surface area contributed by atoms with Crippen LogP contribution in [-0.4, -0.2) is 24.3 Å². The predicted molar refractivity (Wildman–Crippen MR) is 229 cm³/mol. The zero-order valence-corrected chi connectivity index (χ0v) is 35.7. The largest absolute Gasteiger partial charge is 0.633 e. The smallest absolute Gasteiger partial charge is 0.0783 e. The topological polar surface area (TPSA) is 23.1 Å². The molecule has 0 atom stereocenters. The fraction of sp³-hybridized carbons (Fsp3) is 1.00. The standard InChI is InChI=1S/C48H99NO/c1-4-7-10-13-16-19-22-25-28-31-34-37-40-43-46-49(50,47-44-41-38-35-32-29-26-23-20-17-14-11-8-5-2)48-45-42-39-36-33-30-27-24-21-18-15-12-9-6-3/h4-48H2,1-3H3. The van der Waals surface area contributed by atoms with E-state index in [-0.39, 0.29) is 4.65 Å². The van der Waals surface area contributed by atoms with Crippen molar-refractivity contribution < 1.29 is 4.65 Å². The Morgan fingerprint density at radius 3 is 0.460 bits per heavy atom. The SMILES string of the molecule is CCCCCCCCCCCCCCCC[N+]([O-])(CCCCCCCCCCCCCCCC)CCCCCCCCCCCCCCCC. The maximum absolute atomic E-state index is 14.0. The van der Waals surface area contributed by atoms with Crippen molar-refractivity contribution in [3.63, 3.8) is 0 Å². The summed E-state index contributed by atoms with van der Waals surface area (Å²) in [6.45, 7) is 9.57. The second-order valence-corrected chi connectivity index (χ2v) is 17.0. The fourth-order valence-corrected chi connectivity index (χ4v) is 8.12. The van der Waals surface area contributed by atoms with Gasteiger partial charge < -0.3 is 9.85 Å². The van der Waals surface area contributed by atoms with Crippen LogP contribution in [0.4, 0.5) is 0 Å². The molecule has 0 fully saturated rings. The van der Waals surface area contributed by atoms with Crippen molar-refractivity contribution in [2.75, 3.05) is 19.6 Å². The summed E-state index contributed by atoms with van der Waals surface area (Å²) < 4.78 is 0.120. The van der Waals surface area contributed by atoms with Crippen LogP contribution in [0.2, 0.25) is 0 Å². The Balaban J connectivity index is 4.07. The minimum atomic E-state index is 0.120. The van der Waals surface area contributed by atoms with Crippen LogP contribution in [0.15, 0.2) is 0 Å². The molecule has 0 heterocycles. The highest BCUT2D eigenvalue weighted by atomic mass is 16.5. The molecule has 0 aromatic carbocycles. The Kier molecular flexibility index (Phi) is 43.3. The Morgan fingerprint density at radius 2 is 0.320 bits per heavy atom. The Bertz CT molecular complexity index is 512. The second kappa shape index (κ2) is 43.3. The highest BCUT2D eigenvalue weighted by Crippen LogP contribution is 2.19. The number of nitrogens with zero attached hydrogens (tertiary/aromatic N) is 1. The lowest BCUT2D eigenvalue weighted by atomic mass is 10.0. The van der Waals surface area contributed by atoms with Crippen LogP contribution in [0, 0.1) is 5.21 Å². The Labute approximate surface area is 319 Å². The summed E-state index contributed by atoms with van der Waals surface area (Å²) >= 11 is 0. The molecule has 0 aliphatic heterocycles. The minimum Gasteiger partial charge on any atom is -0.633 e. The maximum atomic E-state index is 14.0. The summed E-state index contributed by atoms with van der Waals surface area (Å²) in [6, 6.07) is 0. The third kappa shape index (κ3) is 40.7. The van der Waals surface area contributed by atoms with Crippen LogP contribution >= 0.6 is 0 Å². The molecule has 0 amide bonds. The molecule has 0 N–H and O–H groups in total. The molecule has 2 nitrogen and oxygen atoms in total. The summed E-state index contributed by atoms with van der Waals surface area (Å²) in [6.07, 6.45) is 58.3. The highest BCUT2D eigenvalue weighted by Gasteiger charge is 2.16. The van der Waals surface area contributed by atoms with Crippen LogP contribution < -0.4 is 0 Å². The van der Waals surface area contributed by atoms with Gasteiger partial charge in [-0.3, -0.25) is 0 Å². The molecular formula is C48H99NO. The average Bonchev–Trinajstić information content (AvgIpc) is 3.12. The molecule has 0 saturated carbocycles. The van der Waals surface area contributed by atoms with Crippen molar-refractivity contribution in [3.8, 4) is 0 Å². The van der Waals surface area contributed by atoms with Crippen molar-refractivity contribution in [2.24, 2.45) is 0 Å². The van der Waals surface area contributed by atoms with Crippen molar-refractivity contribution in [2.45, 2.75) is 290 Å². The molecule has 0 aliphatic rings. The predicted octanol–water partition coefficient (Wildman–Crippen LogP) is 17.7. The van der Waals surface area contributed by atoms with Crippen LogP contribution in [0.1, 0.15) is 290 Å². The number of unbranched alkanes of at least 4 members (excludes halogenated alkanes) is 39. The van der Waals surface area contributed by atoms with E-state index < -0.39 is 0 Å². The molecule has 0 rings (SSSR count). The average molecular weight is 706 g/mol. The maximum Gasteiger partial charge on any atom is 0.0783 e. The van der Waals surface area contributed by atoms with Crippen molar-refractivity contribution in [3.05, 3.63) is 5.21 Å². The molecule has 302 valence electrons. The van der Waals surface area contributed by atoms with Gasteiger partial charge in [-0.15, -0.1) is 0 Å². The lowest BCUT2D eigenvalue weighted by Gasteiger charge is -2.43. The first-order valence-corrected chi connectivity index (χ1v) is 24.3. The summed E-state index contributed by atoms with van der Waals surface area (Å²) in [5.74, 6) is 0. The van der Waals surface area contributed by atoms with Gasteiger partial charge in [-0.05, 0) is 38.5 Å². The molecule has 0 aromatic rings. The van der Waals surface area contributed by atoms with E-state index in [1.807, 2.05) is 0 Å². The first-order chi connectivity index (χ1) is 24.7. The molecule has 0 aliphatic carbocycles. The van der Waals surface area contributed by atoms with Gasteiger partial charge in [-0.2, -0.15) is 0 Å². The number of hydroxylamine groups is 3. The van der Waals surface area contributed by atoms with Gasteiger partial charge in [0.15, 0.2) is 0 Å². The monoisotopic (exact) mass is 706 g/mol. The van der Waals surface area contributed by atoms with Gasteiger partial charge in [0.25, 0.3) is 0 Å². The van der Waals surface area contributed by atoms with Crippen molar-refractivity contribution in [1.82, 2.24) is 0 Å². The van der Waals surface area contributed by atoms with E-state index in [4.69, 9.17) is 0 Å². The number of hydrogen-bond acceptors (Lipinski definition) is 1. The molecule has 0 bridgehead atoms. The van der Waals surface area contributed by atoms with Crippen molar-refractivity contribution >= 4 is 0 Å². The zero-order valence-electron chi connectivity index (χ0n) is 35.7. The molecule has 0 spiro atoms. The van der Waals surface area contributed by atoms with E-state index in [0.717, 1.165) is 38.9 Å². The second-order valence-electron chi connectivity index (χ2n) is 17.0. The van der Waals surface area contributed by atoms with Crippen LogP contribution in [0.3, 0.4) is 0 Å².